The van der Waals surface area contributed by atoms with Gasteiger partial charge in [0.1, 0.15) is 11.4 Å². The molecule has 8 heteroatoms. The number of carbonyl (C=O) groups is 2. The molecule has 0 unspecified atom stereocenters. The highest BCUT2D eigenvalue weighted by Gasteiger charge is 2.18. The average Bonchev–Trinajstić information content (AvgIpc) is 2.75. The second kappa shape index (κ2) is 9.99. The van der Waals surface area contributed by atoms with Crippen molar-refractivity contribution in [3.05, 3.63) is 81.9 Å². The van der Waals surface area contributed by atoms with Crippen molar-refractivity contribution in [1.29, 1.82) is 0 Å². The number of halogens is 1. The van der Waals surface area contributed by atoms with Crippen LogP contribution in [-0.4, -0.2) is 60.3 Å². The van der Waals surface area contributed by atoms with Crippen LogP contribution in [0.2, 0.25) is 0 Å². The van der Waals surface area contributed by atoms with Crippen molar-refractivity contribution in [3.8, 4) is 0 Å². The lowest BCUT2D eigenvalue weighted by Gasteiger charge is -2.25. The summed E-state index contributed by atoms with van der Waals surface area (Å²) in [6, 6.07) is 12.9. The molecule has 1 aromatic heterocycles. The number of amides is 2. The minimum atomic E-state index is -0.626. The number of hydrogen-bond donors (Lipinski definition) is 2. The van der Waals surface area contributed by atoms with E-state index in [9.17, 15) is 18.8 Å². The Hall–Kier alpha value is -3.52. The van der Waals surface area contributed by atoms with Gasteiger partial charge in [0.2, 0.25) is 11.3 Å². The number of H-pyrrole nitrogens is 1. The molecule has 0 atom stereocenters. The van der Waals surface area contributed by atoms with Crippen LogP contribution in [0.15, 0.2) is 59.5 Å². The molecule has 2 N–H and O–H groups in total. The average molecular weight is 424 g/mol. The van der Waals surface area contributed by atoms with E-state index in [1.165, 1.54) is 18.3 Å². The first kappa shape index (κ1) is 22.2. The molecule has 2 amide bonds. The van der Waals surface area contributed by atoms with Crippen molar-refractivity contribution in [2.75, 3.05) is 33.7 Å². The fraction of sp³-hybridized carbons (Fsp3) is 0.261. The summed E-state index contributed by atoms with van der Waals surface area (Å²) in [6.07, 6.45) is 1.35. The van der Waals surface area contributed by atoms with Gasteiger partial charge in [-0.05, 0) is 43.9 Å². The molecule has 0 aliphatic heterocycles. The molecule has 162 valence electrons. The minimum Gasteiger partial charge on any atom is -0.360 e. The second-order valence-electron chi connectivity index (χ2n) is 7.51. The van der Waals surface area contributed by atoms with Crippen LogP contribution in [0, 0.1) is 5.82 Å². The minimum absolute atomic E-state index is 0.0588. The van der Waals surface area contributed by atoms with Crippen LogP contribution < -0.4 is 10.7 Å². The molecule has 0 spiro atoms. The molecule has 0 aliphatic carbocycles. The van der Waals surface area contributed by atoms with E-state index in [2.05, 4.69) is 10.3 Å². The summed E-state index contributed by atoms with van der Waals surface area (Å²) in [7, 11) is 3.78. The van der Waals surface area contributed by atoms with Gasteiger partial charge in [-0.3, -0.25) is 14.4 Å². The molecule has 2 aromatic carbocycles. The number of nitrogens with one attached hydrogen (secondary N) is 2. The van der Waals surface area contributed by atoms with Crippen molar-refractivity contribution in [1.82, 2.24) is 20.1 Å². The maximum atomic E-state index is 13.5. The molecule has 31 heavy (non-hydrogen) atoms. The van der Waals surface area contributed by atoms with Gasteiger partial charge in [0.05, 0.1) is 6.54 Å². The van der Waals surface area contributed by atoms with E-state index in [-0.39, 0.29) is 30.4 Å². The highest BCUT2D eigenvalue weighted by Crippen LogP contribution is 2.09. The molecule has 3 aromatic rings. The summed E-state index contributed by atoms with van der Waals surface area (Å²) in [6.45, 7) is 0.971. The van der Waals surface area contributed by atoms with Gasteiger partial charge >= 0.3 is 0 Å². The highest BCUT2D eigenvalue weighted by molar-refractivity contribution is 5.98. The summed E-state index contributed by atoms with van der Waals surface area (Å²) in [5, 5.41) is 2.93. The lowest BCUT2D eigenvalue weighted by Crippen LogP contribution is -2.43. The Morgan fingerprint density at radius 3 is 2.58 bits per heavy atom. The Labute approximate surface area is 179 Å². The monoisotopic (exact) mass is 424 g/mol. The highest BCUT2D eigenvalue weighted by atomic mass is 19.1. The Balaban J connectivity index is 1.70. The predicted molar refractivity (Wildman–Crippen MR) is 117 cm³/mol. The van der Waals surface area contributed by atoms with Gasteiger partial charge in [0.15, 0.2) is 0 Å². The molecule has 1 heterocycles. The van der Waals surface area contributed by atoms with Gasteiger partial charge in [-0.1, -0.05) is 24.3 Å². The quantitative estimate of drug-likeness (QED) is 0.579. The Morgan fingerprint density at radius 2 is 1.84 bits per heavy atom. The van der Waals surface area contributed by atoms with E-state index in [0.717, 1.165) is 0 Å². The van der Waals surface area contributed by atoms with Crippen LogP contribution in [0.5, 0.6) is 0 Å². The summed E-state index contributed by atoms with van der Waals surface area (Å²) < 4.78 is 13.5. The molecule has 3 rings (SSSR count). The second-order valence-corrected chi connectivity index (χ2v) is 7.51. The van der Waals surface area contributed by atoms with Gasteiger partial charge < -0.3 is 20.1 Å². The third-order valence-corrected chi connectivity index (χ3v) is 4.87. The van der Waals surface area contributed by atoms with Gasteiger partial charge in [-0.15, -0.1) is 0 Å². The lowest BCUT2D eigenvalue weighted by atomic mass is 10.1. The number of hydrogen-bond acceptors (Lipinski definition) is 4. The summed E-state index contributed by atoms with van der Waals surface area (Å²) in [5.41, 5.74) is 0.828. The van der Waals surface area contributed by atoms with E-state index in [0.29, 0.717) is 29.6 Å². The van der Waals surface area contributed by atoms with E-state index < -0.39 is 11.3 Å². The summed E-state index contributed by atoms with van der Waals surface area (Å²) in [5.74, 6) is -1.32. The van der Waals surface area contributed by atoms with Crippen molar-refractivity contribution in [2.24, 2.45) is 0 Å². The fourth-order valence-corrected chi connectivity index (χ4v) is 3.17. The Kier molecular flexibility index (Phi) is 7.15. The number of nitrogens with zero attached hydrogens (tertiary/aromatic N) is 2. The van der Waals surface area contributed by atoms with Gasteiger partial charge in [-0.25, -0.2) is 4.39 Å². The number of fused-ring (bicyclic) bond motifs is 1. The molecule has 0 saturated heterocycles. The third-order valence-electron chi connectivity index (χ3n) is 4.87. The van der Waals surface area contributed by atoms with Crippen molar-refractivity contribution in [3.63, 3.8) is 0 Å². The van der Waals surface area contributed by atoms with Crippen LogP contribution in [-0.2, 0) is 11.3 Å². The van der Waals surface area contributed by atoms with Crippen LogP contribution in [0.1, 0.15) is 15.9 Å². The predicted octanol–water partition coefficient (Wildman–Crippen LogP) is 1.99. The van der Waals surface area contributed by atoms with E-state index in [1.54, 1.807) is 41.3 Å². The maximum absolute atomic E-state index is 13.5. The molecule has 0 fully saturated rings. The summed E-state index contributed by atoms with van der Waals surface area (Å²) in [4.78, 5) is 44.3. The van der Waals surface area contributed by atoms with Crippen LogP contribution in [0.25, 0.3) is 10.9 Å². The molecule has 0 saturated carbocycles. The van der Waals surface area contributed by atoms with E-state index in [4.69, 9.17) is 0 Å². The maximum Gasteiger partial charge on any atom is 0.257 e. The van der Waals surface area contributed by atoms with Crippen LogP contribution in [0.3, 0.4) is 0 Å². The van der Waals surface area contributed by atoms with Gasteiger partial charge in [0, 0.05) is 36.7 Å². The lowest BCUT2D eigenvalue weighted by molar-refractivity contribution is -0.130. The summed E-state index contributed by atoms with van der Waals surface area (Å²) >= 11 is 0. The normalized spacial score (nSPS) is 11.0. The molecule has 0 radical (unpaired) electrons. The fourth-order valence-electron chi connectivity index (χ4n) is 3.17. The van der Waals surface area contributed by atoms with E-state index >= 15 is 0 Å². The zero-order valence-corrected chi connectivity index (χ0v) is 17.5. The third kappa shape index (κ3) is 5.76. The van der Waals surface area contributed by atoms with E-state index in [1.807, 2.05) is 19.0 Å². The zero-order valence-electron chi connectivity index (χ0n) is 17.5. The van der Waals surface area contributed by atoms with Crippen LogP contribution in [0.4, 0.5) is 4.39 Å². The first-order valence-corrected chi connectivity index (χ1v) is 9.90. The number of likely N-dealkylation sites (N-methyl/N-ethyl adjacent to an activating group) is 1. The molecular weight excluding hydrogens is 399 g/mol. The Bertz CT molecular complexity index is 1140. The number of carbonyl (C=O) groups excluding carboxylic acids is 2. The number of rotatable bonds is 8. The number of aromatic nitrogens is 1. The van der Waals surface area contributed by atoms with Crippen molar-refractivity contribution in [2.45, 2.75) is 6.54 Å². The van der Waals surface area contributed by atoms with Gasteiger partial charge in [-0.2, -0.15) is 0 Å². The number of aromatic amines is 1. The smallest absolute Gasteiger partial charge is 0.257 e. The SMILES string of the molecule is CN(C)CCN(Cc1cccc(F)c1)C(=O)CNC(=O)c1c[nH]c2ccccc2c1=O. The van der Waals surface area contributed by atoms with Crippen LogP contribution >= 0.6 is 0 Å². The topological polar surface area (TPSA) is 85.5 Å². The molecular formula is C23H25FN4O3. The standard InChI is InChI=1S/C23H25FN4O3/c1-27(2)10-11-28(15-16-6-5-7-17(24)12-16)21(29)14-26-23(31)19-13-25-20-9-4-3-8-18(20)22(19)30/h3-9,12-13H,10-11,14-15H2,1-2H3,(H,25,30)(H,26,31). The first-order valence-electron chi connectivity index (χ1n) is 9.90. The molecule has 0 aliphatic rings. The number of para-hydroxylation sites is 1. The number of benzene rings is 2. The zero-order chi connectivity index (χ0) is 22.4. The molecule has 0 bridgehead atoms. The van der Waals surface area contributed by atoms with Crippen molar-refractivity contribution >= 4 is 22.7 Å². The first-order chi connectivity index (χ1) is 14.8. The van der Waals surface area contributed by atoms with Gasteiger partial charge in [0.25, 0.3) is 5.91 Å². The number of pyridine rings is 1. The van der Waals surface area contributed by atoms with Crippen molar-refractivity contribution < 1.29 is 14.0 Å². The largest absolute Gasteiger partial charge is 0.360 e. The Morgan fingerprint density at radius 1 is 1.06 bits per heavy atom. The molecule has 7 nitrogen and oxygen atoms in total.